The van der Waals surface area contributed by atoms with Crippen LogP contribution in [0.3, 0.4) is 0 Å². The summed E-state index contributed by atoms with van der Waals surface area (Å²) >= 11 is 3.31. The number of ether oxygens (including phenoxy) is 2. The van der Waals surface area contributed by atoms with Crippen LogP contribution in [0.2, 0.25) is 0 Å². The van der Waals surface area contributed by atoms with Crippen molar-refractivity contribution in [2.75, 3.05) is 25.5 Å². The lowest BCUT2D eigenvalue weighted by Gasteiger charge is -2.25. The van der Waals surface area contributed by atoms with E-state index in [-0.39, 0.29) is 5.91 Å². The zero-order valence-corrected chi connectivity index (χ0v) is 17.4. The Bertz CT molecular complexity index is 940. The van der Waals surface area contributed by atoms with Gasteiger partial charge in [-0.2, -0.15) is 0 Å². The number of amides is 1. The normalized spacial score (nSPS) is 12.9. The first-order valence-corrected chi connectivity index (χ1v) is 11.3. The van der Waals surface area contributed by atoms with Crippen LogP contribution in [-0.2, 0) is 17.1 Å². The van der Waals surface area contributed by atoms with Crippen molar-refractivity contribution < 1.29 is 14.3 Å². The van der Waals surface area contributed by atoms with Gasteiger partial charge in [-0.15, -0.1) is 23.1 Å². The Kier molecular flexibility index (Phi) is 6.02. The van der Waals surface area contributed by atoms with Crippen molar-refractivity contribution in [2.45, 2.75) is 19.2 Å². The number of rotatable bonds is 7. The molecule has 0 aliphatic carbocycles. The van der Waals surface area contributed by atoms with Crippen LogP contribution in [0.15, 0.2) is 42.5 Å². The standard InChI is InChI=1S/C21H22N2O3S2/c1-2-23(12-15-6-5-8-17-21(15)26-11-10-25-17)20(24)14-27-13-19-22-16-7-3-4-9-18(16)28-19/h3-9H,2,10-14H2,1H3. The zero-order valence-electron chi connectivity index (χ0n) is 15.7. The van der Waals surface area contributed by atoms with E-state index in [9.17, 15) is 4.79 Å². The minimum absolute atomic E-state index is 0.128. The second kappa shape index (κ2) is 8.84. The van der Waals surface area contributed by atoms with Gasteiger partial charge in [-0.3, -0.25) is 4.79 Å². The second-order valence-electron chi connectivity index (χ2n) is 6.42. The van der Waals surface area contributed by atoms with E-state index in [4.69, 9.17) is 9.47 Å². The number of para-hydroxylation sites is 2. The summed E-state index contributed by atoms with van der Waals surface area (Å²) in [5.74, 6) is 2.85. The van der Waals surface area contributed by atoms with E-state index in [1.165, 1.54) is 4.70 Å². The monoisotopic (exact) mass is 414 g/mol. The molecule has 0 saturated heterocycles. The number of nitrogens with zero attached hydrogens (tertiary/aromatic N) is 2. The summed E-state index contributed by atoms with van der Waals surface area (Å²) in [4.78, 5) is 19.2. The van der Waals surface area contributed by atoms with Gasteiger partial charge < -0.3 is 14.4 Å². The van der Waals surface area contributed by atoms with Crippen LogP contribution in [0, 0.1) is 0 Å². The van der Waals surface area contributed by atoms with Crippen LogP contribution in [0.5, 0.6) is 11.5 Å². The molecule has 7 heteroatoms. The van der Waals surface area contributed by atoms with Gasteiger partial charge in [0, 0.05) is 24.4 Å². The number of thiazole rings is 1. The molecular weight excluding hydrogens is 392 g/mol. The number of benzene rings is 2. The van der Waals surface area contributed by atoms with Crippen LogP contribution < -0.4 is 9.47 Å². The largest absolute Gasteiger partial charge is 0.486 e. The van der Waals surface area contributed by atoms with Crippen LogP contribution >= 0.6 is 23.1 Å². The molecule has 1 amide bonds. The molecule has 2 heterocycles. The lowest BCUT2D eigenvalue weighted by Crippen LogP contribution is -2.32. The smallest absolute Gasteiger partial charge is 0.232 e. The lowest BCUT2D eigenvalue weighted by molar-refractivity contribution is -0.128. The molecule has 1 aromatic heterocycles. The van der Waals surface area contributed by atoms with Crippen molar-refractivity contribution in [2.24, 2.45) is 0 Å². The van der Waals surface area contributed by atoms with Crippen molar-refractivity contribution in [3.63, 3.8) is 0 Å². The van der Waals surface area contributed by atoms with Gasteiger partial charge in [0.05, 0.1) is 16.0 Å². The molecule has 0 N–H and O–H groups in total. The summed E-state index contributed by atoms with van der Waals surface area (Å²) in [7, 11) is 0. The summed E-state index contributed by atoms with van der Waals surface area (Å²) in [5.41, 5.74) is 2.02. The topological polar surface area (TPSA) is 51.7 Å². The first-order valence-electron chi connectivity index (χ1n) is 9.32. The quantitative estimate of drug-likeness (QED) is 0.575. The number of carbonyl (C=O) groups excluding carboxylic acids is 1. The van der Waals surface area contributed by atoms with E-state index in [1.807, 2.05) is 48.2 Å². The Labute approximate surface area is 172 Å². The summed E-state index contributed by atoms with van der Waals surface area (Å²) in [6, 6.07) is 14.0. The average Bonchev–Trinajstić information content (AvgIpc) is 3.14. The second-order valence-corrected chi connectivity index (χ2v) is 8.52. The molecule has 4 rings (SSSR count). The third-order valence-electron chi connectivity index (χ3n) is 4.53. The van der Waals surface area contributed by atoms with E-state index in [1.54, 1.807) is 23.1 Å². The summed E-state index contributed by atoms with van der Waals surface area (Å²) < 4.78 is 12.6. The van der Waals surface area contributed by atoms with Crippen LogP contribution in [0.1, 0.15) is 17.5 Å². The highest BCUT2D eigenvalue weighted by Gasteiger charge is 2.19. The molecule has 5 nitrogen and oxygen atoms in total. The first-order chi connectivity index (χ1) is 13.7. The number of aromatic nitrogens is 1. The molecule has 0 fully saturated rings. The number of hydrogen-bond acceptors (Lipinski definition) is 6. The Hall–Kier alpha value is -2.25. The van der Waals surface area contributed by atoms with Crippen molar-refractivity contribution in [1.29, 1.82) is 0 Å². The molecule has 0 radical (unpaired) electrons. The molecule has 0 unspecified atom stereocenters. The van der Waals surface area contributed by atoms with E-state index in [2.05, 4.69) is 11.1 Å². The molecule has 3 aromatic rings. The first kappa shape index (κ1) is 19.1. The third kappa shape index (κ3) is 4.25. The fraction of sp³-hybridized carbons (Fsp3) is 0.333. The van der Waals surface area contributed by atoms with Gasteiger partial charge in [-0.1, -0.05) is 24.3 Å². The highest BCUT2D eigenvalue weighted by molar-refractivity contribution is 7.99. The third-order valence-corrected chi connectivity index (χ3v) is 6.68. The Morgan fingerprint density at radius 2 is 2.04 bits per heavy atom. The maximum Gasteiger partial charge on any atom is 0.232 e. The van der Waals surface area contributed by atoms with Crippen molar-refractivity contribution in [3.8, 4) is 11.5 Å². The van der Waals surface area contributed by atoms with Crippen molar-refractivity contribution >= 4 is 39.2 Å². The summed E-state index contributed by atoms with van der Waals surface area (Å²) in [6.45, 7) is 4.30. The van der Waals surface area contributed by atoms with Gasteiger partial charge >= 0.3 is 0 Å². The van der Waals surface area contributed by atoms with E-state index in [0.717, 1.165) is 33.3 Å². The minimum atomic E-state index is 0.128. The van der Waals surface area contributed by atoms with E-state index >= 15 is 0 Å². The number of hydrogen-bond donors (Lipinski definition) is 0. The minimum Gasteiger partial charge on any atom is -0.486 e. The molecule has 146 valence electrons. The molecule has 0 saturated carbocycles. The molecule has 0 atom stereocenters. The molecule has 0 bridgehead atoms. The van der Waals surface area contributed by atoms with Gasteiger partial charge in [-0.05, 0) is 25.1 Å². The fourth-order valence-electron chi connectivity index (χ4n) is 3.14. The molecular formula is C21H22N2O3S2. The maximum atomic E-state index is 12.7. The van der Waals surface area contributed by atoms with Crippen LogP contribution in [0.4, 0.5) is 0 Å². The van der Waals surface area contributed by atoms with Gasteiger partial charge in [0.15, 0.2) is 11.5 Å². The molecule has 1 aliphatic rings. The average molecular weight is 415 g/mol. The van der Waals surface area contributed by atoms with Crippen LogP contribution in [-0.4, -0.2) is 41.3 Å². The SMILES string of the molecule is CCN(Cc1cccc2c1OCCO2)C(=O)CSCc1nc2ccccc2s1. The lowest BCUT2D eigenvalue weighted by atomic mass is 10.1. The predicted molar refractivity (Wildman–Crippen MR) is 114 cm³/mol. The number of thioether (sulfide) groups is 1. The predicted octanol–water partition coefficient (Wildman–Crippen LogP) is 4.35. The number of carbonyl (C=O) groups is 1. The van der Waals surface area contributed by atoms with E-state index in [0.29, 0.717) is 32.1 Å². The summed E-state index contributed by atoms with van der Waals surface area (Å²) in [5, 5.41) is 1.06. The van der Waals surface area contributed by atoms with Gasteiger partial charge in [0.1, 0.15) is 18.2 Å². The molecule has 1 aliphatic heterocycles. The number of fused-ring (bicyclic) bond motifs is 2. The van der Waals surface area contributed by atoms with Crippen molar-refractivity contribution in [3.05, 3.63) is 53.0 Å². The van der Waals surface area contributed by atoms with Gasteiger partial charge in [-0.25, -0.2) is 4.98 Å². The van der Waals surface area contributed by atoms with Gasteiger partial charge in [0.2, 0.25) is 5.91 Å². The van der Waals surface area contributed by atoms with Crippen LogP contribution in [0.25, 0.3) is 10.2 Å². The molecule has 28 heavy (non-hydrogen) atoms. The molecule has 0 spiro atoms. The maximum absolute atomic E-state index is 12.7. The Morgan fingerprint density at radius 1 is 1.18 bits per heavy atom. The Balaban J connectivity index is 1.35. The van der Waals surface area contributed by atoms with Gasteiger partial charge in [0.25, 0.3) is 0 Å². The highest BCUT2D eigenvalue weighted by Crippen LogP contribution is 2.34. The zero-order chi connectivity index (χ0) is 19.3. The molecule has 2 aromatic carbocycles. The fourth-order valence-corrected chi connectivity index (χ4v) is 5.09. The highest BCUT2D eigenvalue weighted by atomic mass is 32.2. The van der Waals surface area contributed by atoms with Crippen molar-refractivity contribution in [1.82, 2.24) is 9.88 Å². The van der Waals surface area contributed by atoms with E-state index < -0.39 is 0 Å². The Morgan fingerprint density at radius 3 is 2.89 bits per heavy atom. The summed E-state index contributed by atoms with van der Waals surface area (Å²) in [6.07, 6.45) is 0.